The molecule has 0 bridgehead atoms. The van der Waals surface area contributed by atoms with Gasteiger partial charge in [-0.05, 0) is 36.6 Å². The fourth-order valence-electron chi connectivity index (χ4n) is 2.25. The first-order valence-electron chi connectivity index (χ1n) is 7.16. The number of hydrogen-bond acceptors (Lipinski definition) is 4. The molecule has 1 aromatic heterocycles. The second-order valence-electron chi connectivity index (χ2n) is 5.32. The number of furan rings is 1. The second kappa shape index (κ2) is 6.28. The monoisotopic (exact) mass is 291 g/mol. The molecule has 1 heterocycles. The van der Waals surface area contributed by atoms with Crippen LogP contribution < -0.4 is 5.32 Å². The Morgan fingerprint density at radius 3 is 2.62 bits per heavy atom. The van der Waals surface area contributed by atoms with Gasteiger partial charge in [0.2, 0.25) is 5.76 Å². The first kappa shape index (κ1) is 15.5. The van der Waals surface area contributed by atoms with Gasteiger partial charge in [-0.25, -0.2) is 4.79 Å². The summed E-state index contributed by atoms with van der Waals surface area (Å²) in [5, 5.41) is 23.1. The van der Waals surface area contributed by atoms with Crippen molar-refractivity contribution >= 4 is 16.9 Å². The van der Waals surface area contributed by atoms with Gasteiger partial charge >= 0.3 is 5.97 Å². The number of hydrogen-bond donors (Lipinski definition) is 3. The summed E-state index contributed by atoms with van der Waals surface area (Å²) in [5.74, 6) is -1.12. The van der Waals surface area contributed by atoms with Crippen molar-refractivity contribution in [3.05, 3.63) is 35.6 Å². The highest BCUT2D eigenvalue weighted by atomic mass is 16.4. The highest BCUT2D eigenvalue weighted by Gasteiger charge is 2.21. The zero-order valence-electron chi connectivity index (χ0n) is 12.3. The zero-order chi connectivity index (χ0) is 15.5. The van der Waals surface area contributed by atoms with E-state index in [1.165, 1.54) is 6.07 Å². The summed E-state index contributed by atoms with van der Waals surface area (Å²) in [6.07, 6.45) is 1.42. The molecule has 0 atom stereocenters. The molecule has 0 aliphatic heterocycles. The van der Waals surface area contributed by atoms with Crippen LogP contribution in [0.25, 0.3) is 11.0 Å². The van der Waals surface area contributed by atoms with E-state index in [0.717, 1.165) is 10.9 Å². The maximum absolute atomic E-state index is 10.9. The van der Waals surface area contributed by atoms with Crippen LogP contribution in [0.5, 0.6) is 0 Å². The molecule has 2 rings (SSSR count). The van der Waals surface area contributed by atoms with Crippen molar-refractivity contribution in [3.8, 4) is 0 Å². The standard InChI is InChI=1S/C16H21NO4/c1-3-16(20,4-2)10-17-9-11-5-6-13-12(7-11)8-14(21-13)15(18)19/h5-8,17,20H,3-4,9-10H2,1-2H3,(H,18,19). The summed E-state index contributed by atoms with van der Waals surface area (Å²) >= 11 is 0. The molecular formula is C16H21NO4. The predicted molar refractivity (Wildman–Crippen MR) is 80.4 cm³/mol. The van der Waals surface area contributed by atoms with E-state index in [-0.39, 0.29) is 5.76 Å². The molecule has 0 aliphatic carbocycles. The van der Waals surface area contributed by atoms with Gasteiger partial charge in [-0.1, -0.05) is 19.9 Å². The maximum atomic E-state index is 10.9. The van der Waals surface area contributed by atoms with E-state index in [1.807, 2.05) is 26.0 Å². The number of benzene rings is 1. The van der Waals surface area contributed by atoms with Crippen LogP contribution in [0.2, 0.25) is 0 Å². The summed E-state index contributed by atoms with van der Waals surface area (Å²) in [4.78, 5) is 10.9. The lowest BCUT2D eigenvalue weighted by Gasteiger charge is -2.25. The lowest BCUT2D eigenvalue weighted by molar-refractivity contribution is 0.0323. The number of aromatic carboxylic acids is 1. The Balaban J connectivity index is 2.04. The third-order valence-corrected chi connectivity index (χ3v) is 3.89. The van der Waals surface area contributed by atoms with Gasteiger partial charge in [0.15, 0.2) is 0 Å². The molecule has 0 fully saturated rings. The molecule has 21 heavy (non-hydrogen) atoms. The Morgan fingerprint density at radius 2 is 2.00 bits per heavy atom. The summed E-state index contributed by atoms with van der Waals surface area (Å²) < 4.78 is 5.22. The Labute approximate surface area is 123 Å². The van der Waals surface area contributed by atoms with Gasteiger partial charge in [-0.3, -0.25) is 0 Å². The maximum Gasteiger partial charge on any atom is 0.371 e. The number of carbonyl (C=O) groups is 1. The fraction of sp³-hybridized carbons (Fsp3) is 0.438. The summed E-state index contributed by atoms with van der Waals surface area (Å²) in [6.45, 7) is 5.09. The lowest BCUT2D eigenvalue weighted by atomic mass is 9.97. The third-order valence-electron chi connectivity index (χ3n) is 3.89. The Bertz CT molecular complexity index is 628. The van der Waals surface area contributed by atoms with Crippen molar-refractivity contribution in [2.75, 3.05) is 6.54 Å². The van der Waals surface area contributed by atoms with E-state index in [0.29, 0.717) is 31.5 Å². The molecular weight excluding hydrogens is 270 g/mol. The van der Waals surface area contributed by atoms with Crippen molar-refractivity contribution in [1.82, 2.24) is 5.32 Å². The van der Waals surface area contributed by atoms with Crippen LogP contribution in [0.4, 0.5) is 0 Å². The lowest BCUT2D eigenvalue weighted by Crippen LogP contribution is -2.39. The van der Waals surface area contributed by atoms with Gasteiger partial charge < -0.3 is 19.9 Å². The van der Waals surface area contributed by atoms with Crippen LogP contribution in [0.15, 0.2) is 28.7 Å². The molecule has 0 spiro atoms. The average Bonchev–Trinajstić information content (AvgIpc) is 2.90. The molecule has 0 saturated carbocycles. The van der Waals surface area contributed by atoms with E-state index in [1.54, 1.807) is 6.07 Å². The van der Waals surface area contributed by atoms with Crippen molar-refractivity contribution in [1.29, 1.82) is 0 Å². The largest absolute Gasteiger partial charge is 0.475 e. The molecule has 0 saturated heterocycles. The molecule has 0 radical (unpaired) electrons. The quantitative estimate of drug-likeness (QED) is 0.730. The van der Waals surface area contributed by atoms with Crippen molar-refractivity contribution in [3.63, 3.8) is 0 Å². The van der Waals surface area contributed by atoms with Gasteiger partial charge in [-0.2, -0.15) is 0 Å². The Kier molecular flexibility index (Phi) is 4.65. The van der Waals surface area contributed by atoms with Crippen molar-refractivity contribution in [2.45, 2.75) is 38.8 Å². The molecule has 5 nitrogen and oxygen atoms in total. The molecule has 1 aromatic carbocycles. The first-order valence-corrected chi connectivity index (χ1v) is 7.16. The topological polar surface area (TPSA) is 82.7 Å². The molecule has 0 amide bonds. The minimum atomic E-state index is -1.07. The molecule has 114 valence electrons. The molecule has 0 unspecified atom stereocenters. The Morgan fingerprint density at radius 1 is 1.29 bits per heavy atom. The summed E-state index contributed by atoms with van der Waals surface area (Å²) in [7, 11) is 0. The number of nitrogens with one attached hydrogen (secondary N) is 1. The predicted octanol–water partition coefficient (Wildman–Crippen LogP) is 2.77. The highest BCUT2D eigenvalue weighted by molar-refractivity contribution is 5.91. The second-order valence-corrected chi connectivity index (χ2v) is 5.32. The average molecular weight is 291 g/mol. The van der Waals surface area contributed by atoms with E-state index < -0.39 is 11.6 Å². The van der Waals surface area contributed by atoms with E-state index >= 15 is 0 Å². The number of carboxylic acids is 1. The smallest absolute Gasteiger partial charge is 0.371 e. The van der Waals surface area contributed by atoms with Gasteiger partial charge in [0.1, 0.15) is 5.58 Å². The SMILES string of the molecule is CCC(O)(CC)CNCc1ccc2oc(C(=O)O)cc2c1. The van der Waals surface area contributed by atoms with E-state index in [2.05, 4.69) is 5.32 Å². The number of fused-ring (bicyclic) bond motifs is 1. The first-order chi connectivity index (χ1) is 9.97. The van der Waals surface area contributed by atoms with Gasteiger partial charge in [0.05, 0.1) is 5.60 Å². The molecule has 5 heteroatoms. The third kappa shape index (κ3) is 3.62. The van der Waals surface area contributed by atoms with Crippen LogP contribution in [0, 0.1) is 0 Å². The summed E-state index contributed by atoms with van der Waals surface area (Å²) in [6, 6.07) is 7.08. The zero-order valence-corrected chi connectivity index (χ0v) is 12.3. The summed E-state index contributed by atoms with van der Waals surface area (Å²) in [5.41, 5.74) is 0.917. The van der Waals surface area contributed by atoms with Crippen molar-refractivity contribution in [2.24, 2.45) is 0 Å². The van der Waals surface area contributed by atoms with Crippen molar-refractivity contribution < 1.29 is 19.4 Å². The van der Waals surface area contributed by atoms with Gasteiger partial charge in [0.25, 0.3) is 0 Å². The van der Waals surface area contributed by atoms with Gasteiger partial charge in [0, 0.05) is 18.5 Å². The minimum Gasteiger partial charge on any atom is -0.475 e. The number of aliphatic hydroxyl groups is 1. The highest BCUT2D eigenvalue weighted by Crippen LogP contribution is 2.21. The minimum absolute atomic E-state index is 0.0542. The van der Waals surface area contributed by atoms with Crippen LogP contribution >= 0.6 is 0 Å². The van der Waals surface area contributed by atoms with Crippen LogP contribution in [0.1, 0.15) is 42.8 Å². The molecule has 3 N–H and O–H groups in total. The fourth-order valence-corrected chi connectivity index (χ4v) is 2.25. The normalized spacial score (nSPS) is 12.0. The Hall–Kier alpha value is -1.85. The van der Waals surface area contributed by atoms with E-state index in [9.17, 15) is 9.90 Å². The van der Waals surface area contributed by atoms with Crippen LogP contribution in [0.3, 0.4) is 0 Å². The van der Waals surface area contributed by atoms with Crippen LogP contribution in [-0.4, -0.2) is 28.3 Å². The van der Waals surface area contributed by atoms with Crippen LogP contribution in [-0.2, 0) is 6.54 Å². The number of carboxylic acid groups (broad SMARTS) is 1. The number of rotatable bonds is 7. The van der Waals surface area contributed by atoms with E-state index in [4.69, 9.17) is 9.52 Å². The molecule has 2 aromatic rings. The molecule has 0 aliphatic rings. The van der Waals surface area contributed by atoms with Gasteiger partial charge in [-0.15, -0.1) is 0 Å².